The van der Waals surface area contributed by atoms with Crippen LogP contribution in [0.2, 0.25) is 0 Å². The van der Waals surface area contributed by atoms with E-state index < -0.39 is 16.6 Å². The Bertz CT molecular complexity index is 1060. The number of hydrogen-bond acceptors (Lipinski definition) is 7. The van der Waals surface area contributed by atoms with Gasteiger partial charge in [-0.2, -0.15) is 10.2 Å². The first-order valence-corrected chi connectivity index (χ1v) is 8.41. The number of hydrazone groups is 1. The van der Waals surface area contributed by atoms with Gasteiger partial charge in [0.05, 0.1) is 30.9 Å². The first-order chi connectivity index (χ1) is 14.0. The number of nitro groups is 1. The summed E-state index contributed by atoms with van der Waals surface area (Å²) in [6.45, 7) is 0.504. The van der Waals surface area contributed by atoms with Crippen LogP contribution < -0.4 is 15.3 Å². The highest BCUT2D eigenvalue weighted by Crippen LogP contribution is 2.31. The van der Waals surface area contributed by atoms with Crippen LogP contribution in [0, 0.1) is 10.1 Å². The molecule has 2 aromatic carbocycles. The fourth-order valence-corrected chi connectivity index (χ4v) is 2.58. The summed E-state index contributed by atoms with van der Waals surface area (Å²) in [4.78, 5) is 22.6. The van der Waals surface area contributed by atoms with E-state index in [2.05, 4.69) is 15.6 Å². The van der Waals surface area contributed by atoms with Crippen LogP contribution in [0.5, 0.6) is 11.5 Å². The molecule has 0 saturated heterocycles. The van der Waals surface area contributed by atoms with E-state index in [-0.39, 0.29) is 17.0 Å². The summed E-state index contributed by atoms with van der Waals surface area (Å²) in [5.41, 5.74) is 3.14. The number of nitrogens with zero attached hydrogens (tertiary/aromatic N) is 4. The zero-order valence-electron chi connectivity index (χ0n) is 15.3. The van der Waals surface area contributed by atoms with Crippen molar-refractivity contribution < 1.29 is 19.6 Å². The van der Waals surface area contributed by atoms with Gasteiger partial charge in [-0.25, -0.2) is 5.43 Å². The van der Waals surface area contributed by atoms with E-state index in [0.29, 0.717) is 12.1 Å². The maximum atomic E-state index is 12.3. The van der Waals surface area contributed by atoms with Gasteiger partial charge in [-0.1, -0.05) is 17.9 Å². The SMILES string of the molecule is COc1cc([N+](=O)[O-])cc(/C=N\NC(=O)c2cccc(Cn3cccn3)c2)c1[O-]. The first kappa shape index (κ1) is 19.5. The number of non-ortho nitro benzene ring substituents is 1. The van der Waals surface area contributed by atoms with E-state index in [0.717, 1.165) is 23.9 Å². The minimum Gasteiger partial charge on any atom is -0.870 e. The van der Waals surface area contributed by atoms with Crippen LogP contribution in [0.3, 0.4) is 0 Å². The number of aromatic nitrogens is 2. The van der Waals surface area contributed by atoms with Crippen molar-refractivity contribution in [3.05, 3.63) is 81.7 Å². The number of nitrogens with one attached hydrogen (secondary N) is 1. The van der Waals surface area contributed by atoms with Gasteiger partial charge in [0.1, 0.15) is 5.75 Å². The van der Waals surface area contributed by atoms with Gasteiger partial charge in [-0.15, -0.1) is 0 Å². The Balaban J connectivity index is 1.73. The summed E-state index contributed by atoms with van der Waals surface area (Å²) in [5, 5.41) is 31.0. The van der Waals surface area contributed by atoms with Gasteiger partial charge < -0.3 is 9.84 Å². The van der Waals surface area contributed by atoms with Crippen molar-refractivity contribution in [2.24, 2.45) is 5.10 Å². The molecule has 1 N–H and O–H groups in total. The lowest BCUT2D eigenvalue weighted by Crippen LogP contribution is -2.18. The number of rotatable bonds is 7. The maximum Gasteiger partial charge on any atom is 0.273 e. The van der Waals surface area contributed by atoms with Crippen LogP contribution in [-0.4, -0.2) is 33.9 Å². The van der Waals surface area contributed by atoms with E-state index in [1.165, 1.54) is 7.11 Å². The zero-order valence-corrected chi connectivity index (χ0v) is 15.3. The highest BCUT2D eigenvalue weighted by molar-refractivity contribution is 5.95. The Hall–Kier alpha value is -4.21. The molecule has 0 bridgehead atoms. The molecular weight excluding hydrogens is 378 g/mol. The van der Waals surface area contributed by atoms with Gasteiger partial charge >= 0.3 is 0 Å². The largest absolute Gasteiger partial charge is 0.870 e. The molecule has 0 unspecified atom stereocenters. The summed E-state index contributed by atoms with van der Waals surface area (Å²) >= 11 is 0. The predicted octanol–water partition coefficient (Wildman–Crippen LogP) is 1.69. The molecule has 10 heteroatoms. The van der Waals surface area contributed by atoms with Crippen LogP contribution in [0.1, 0.15) is 21.5 Å². The number of nitro benzene ring substituents is 1. The van der Waals surface area contributed by atoms with E-state index in [9.17, 15) is 20.0 Å². The monoisotopic (exact) mass is 394 g/mol. The number of carbonyl (C=O) groups excluding carboxylic acids is 1. The zero-order chi connectivity index (χ0) is 20.8. The molecule has 0 aliphatic heterocycles. The van der Waals surface area contributed by atoms with E-state index in [1.54, 1.807) is 35.1 Å². The highest BCUT2D eigenvalue weighted by Gasteiger charge is 2.11. The summed E-state index contributed by atoms with van der Waals surface area (Å²) in [6.07, 6.45) is 4.52. The van der Waals surface area contributed by atoms with Crippen molar-refractivity contribution in [2.45, 2.75) is 6.54 Å². The Morgan fingerprint density at radius 3 is 2.86 bits per heavy atom. The molecule has 148 valence electrons. The van der Waals surface area contributed by atoms with E-state index in [4.69, 9.17) is 4.74 Å². The van der Waals surface area contributed by atoms with Crippen molar-refractivity contribution in [2.75, 3.05) is 7.11 Å². The number of hydrogen-bond donors (Lipinski definition) is 1. The minimum atomic E-state index is -0.650. The average Bonchev–Trinajstić information content (AvgIpc) is 3.22. The number of amides is 1. The van der Waals surface area contributed by atoms with Gasteiger partial charge in [-0.3, -0.25) is 19.6 Å². The summed E-state index contributed by atoms with van der Waals surface area (Å²) in [7, 11) is 1.24. The minimum absolute atomic E-state index is 0.0798. The van der Waals surface area contributed by atoms with Crippen LogP contribution >= 0.6 is 0 Å². The Labute approximate surface area is 165 Å². The molecule has 0 saturated carbocycles. The highest BCUT2D eigenvalue weighted by atomic mass is 16.6. The standard InChI is InChI=1S/C19H17N5O5/c1-29-17-10-16(24(27)28)9-15(18(17)25)11-20-22-19(26)14-5-2-4-13(8-14)12-23-7-3-6-21-23/h2-11,25H,12H2,1H3,(H,22,26)/p-1/b20-11-. The summed E-state index contributed by atoms with van der Waals surface area (Å²) in [5.74, 6) is -1.25. The molecule has 10 nitrogen and oxygen atoms in total. The number of benzene rings is 2. The summed E-state index contributed by atoms with van der Waals surface area (Å²) in [6, 6.07) is 10.8. The third-order valence-corrected chi connectivity index (χ3v) is 3.96. The quantitative estimate of drug-likeness (QED) is 0.368. The molecular formula is C19H16N5O5-. The third-order valence-electron chi connectivity index (χ3n) is 3.96. The number of methoxy groups -OCH3 is 1. The molecule has 3 rings (SSSR count). The lowest BCUT2D eigenvalue weighted by molar-refractivity contribution is -0.385. The summed E-state index contributed by atoms with van der Waals surface area (Å²) < 4.78 is 6.58. The van der Waals surface area contributed by atoms with Crippen LogP contribution in [0.25, 0.3) is 0 Å². The first-order valence-electron chi connectivity index (χ1n) is 8.41. The Morgan fingerprint density at radius 2 is 2.17 bits per heavy atom. The molecule has 0 fully saturated rings. The van der Waals surface area contributed by atoms with Crippen molar-refractivity contribution >= 4 is 17.8 Å². The second-order valence-electron chi connectivity index (χ2n) is 5.93. The van der Waals surface area contributed by atoms with Crippen LogP contribution in [0.15, 0.2) is 60.0 Å². The van der Waals surface area contributed by atoms with Crippen molar-refractivity contribution in [1.82, 2.24) is 15.2 Å². The van der Waals surface area contributed by atoms with Crippen molar-refractivity contribution in [1.29, 1.82) is 0 Å². The van der Waals surface area contributed by atoms with Gasteiger partial charge in [0, 0.05) is 24.0 Å². The molecule has 1 aromatic heterocycles. The number of ether oxygens (including phenoxy) is 1. The molecule has 3 aromatic rings. The lowest BCUT2D eigenvalue weighted by Gasteiger charge is -2.14. The second-order valence-corrected chi connectivity index (χ2v) is 5.93. The van der Waals surface area contributed by atoms with Crippen molar-refractivity contribution in [3.8, 4) is 11.5 Å². The molecule has 0 aliphatic carbocycles. The average molecular weight is 394 g/mol. The molecule has 0 radical (unpaired) electrons. The van der Waals surface area contributed by atoms with Gasteiger partial charge in [-0.05, 0) is 29.3 Å². The maximum absolute atomic E-state index is 12.3. The molecule has 1 amide bonds. The van der Waals surface area contributed by atoms with E-state index in [1.807, 2.05) is 12.3 Å². The van der Waals surface area contributed by atoms with Crippen LogP contribution in [0.4, 0.5) is 5.69 Å². The lowest BCUT2D eigenvalue weighted by atomic mass is 10.1. The van der Waals surface area contributed by atoms with E-state index >= 15 is 0 Å². The number of carbonyl (C=O) groups is 1. The topological polar surface area (TPSA) is 135 Å². The normalized spacial score (nSPS) is 10.8. The third kappa shape index (κ3) is 4.75. The fourth-order valence-electron chi connectivity index (χ4n) is 2.58. The molecule has 1 heterocycles. The second kappa shape index (κ2) is 8.65. The Kier molecular flexibility index (Phi) is 5.83. The van der Waals surface area contributed by atoms with Gasteiger partial charge in [0.2, 0.25) is 0 Å². The molecule has 29 heavy (non-hydrogen) atoms. The predicted molar refractivity (Wildman–Crippen MR) is 102 cm³/mol. The van der Waals surface area contributed by atoms with Gasteiger partial charge in [0.15, 0.2) is 0 Å². The fraction of sp³-hybridized carbons (Fsp3) is 0.105. The van der Waals surface area contributed by atoms with Crippen LogP contribution in [-0.2, 0) is 6.54 Å². The molecule has 0 spiro atoms. The smallest absolute Gasteiger partial charge is 0.273 e. The Morgan fingerprint density at radius 1 is 1.34 bits per heavy atom. The van der Waals surface area contributed by atoms with Gasteiger partial charge in [0.25, 0.3) is 11.6 Å². The molecule has 0 atom stereocenters. The van der Waals surface area contributed by atoms with Crippen molar-refractivity contribution in [3.63, 3.8) is 0 Å². The molecule has 0 aliphatic rings.